The third-order valence-corrected chi connectivity index (χ3v) is 5.21. The summed E-state index contributed by atoms with van der Waals surface area (Å²) < 4.78 is 11.1. The van der Waals surface area contributed by atoms with Crippen LogP contribution in [0.25, 0.3) is 0 Å². The molecule has 1 aliphatic carbocycles. The van der Waals surface area contributed by atoms with E-state index in [2.05, 4.69) is 38.6 Å². The van der Waals surface area contributed by atoms with E-state index in [1.165, 1.54) is 18.4 Å². The average molecular weight is 342 g/mol. The maximum atomic E-state index is 5.64. The van der Waals surface area contributed by atoms with Gasteiger partial charge in [-0.15, -0.1) is 10.2 Å². The minimum atomic E-state index is 0.371. The van der Waals surface area contributed by atoms with Crippen molar-refractivity contribution in [2.75, 3.05) is 13.7 Å². The van der Waals surface area contributed by atoms with Gasteiger partial charge in [-0.25, -0.2) is 0 Å². The van der Waals surface area contributed by atoms with E-state index in [0.717, 1.165) is 31.2 Å². The van der Waals surface area contributed by atoms with Crippen molar-refractivity contribution in [1.29, 1.82) is 0 Å². The first-order valence-corrected chi connectivity index (χ1v) is 9.23. The fourth-order valence-corrected chi connectivity index (χ4v) is 3.82. The van der Waals surface area contributed by atoms with Crippen LogP contribution in [0, 0.1) is 0 Å². The number of benzene rings is 1. The minimum Gasteiger partial charge on any atom is -0.497 e. The number of nitrogens with zero attached hydrogens (tertiary/aromatic N) is 3. The molecule has 0 amide bonds. The zero-order valence-corrected chi connectivity index (χ0v) is 14.9. The smallest absolute Gasteiger partial charge is 0.230 e. The Hall–Kier alpha value is -1.92. The summed E-state index contributed by atoms with van der Waals surface area (Å²) in [7, 11) is 1.73. The highest BCUT2D eigenvalue weighted by molar-refractivity contribution is 5.32. The van der Waals surface area contributed by atoms with Gasteiger partial charge in [0, 0.05) is 25.0 Å². The molecule has 25 heavy (non-hydrogen) atoms. The Labute approximate surface area is 148 Å². The van der Waals surface area contributed by atoms with Crippen molar-refractivity contribution in [3.63, 3.8) is 0 Å². The van der Waals surface area contributed by atoms with E-state index in [0.29, 0.717) is 30.4 Å². The number of likely N-dealkylation sites (tertiary alicyclic amines) is 1. The molecule has 2 atom stereocenters. The van der Waals surface area contributed by atoms with E-state index < -0.39 is 0 Å². The van der Waals surface area contributed by atoms with Crippen LogP contribution < -0.4 is 10.1 Å². The Morgan fingerprint density at radius 3 is 2.80 bits per heavy atom. The lowest BCUT2D eigenvalue weighted by Gasteiger charge is -2.29. The van der Waals surface area contributed by atoms with Crippen molar-refractivity contribution >= 4 is 0 Å². The van der Waals surface area contributed by atoms with Gasteiger partial charge < -0.3 is 14.5 Å². The molecule has 0 spiro atoms. The van der Waals surface area contributed by atoms with E-state index in [1.807, 2.05) is 13.0 Å². The number of hydrogen-bond acceptors (Lipinski definition) is 6. The van der Waals surface area contributed by atoms with Crippen LogP contribution in [0.5, 0.6) is 5.75 Å². The molecule has 2 heterocycles. The molecule has 1 saturated carbocycles. The molecule has 2 aromatic rings. The van der Waals surface area contributed by atoms with E-state index in [-0.39, 0.29) is 0 Å². The molecule has 1 aliphatic heterocycles. The molecule has 1 aromatic carbocycles. The maximum Gasteiger partial charge on any atom is 0.230 e. The molecule has 6 heteroatoms. The molecule has 2 fully saturated rings. The zero-order valence-electron chi connectivity index (χ0n) is 14.9. The van der Waals surface area contributed by atoms with Gasteiger partial charge in [0.1, 0.15) is 5.75 Å². The summed E-state index contributed by atoms with van der Waals surface area (Å²) in [6.07, 6.45) is 4.54. The summed E-state index contributed by atoms with van der Waals surface area (Å²) in [5.74, 6) is 2.29. The number of aryl methyl sites for hydroxylation is 1. The fourth-order valence-electron chi connectivity index (χ4n) is 3.82. The van der Waals surface area contributed by atoms with Gasteiger partial charge in [0.25, 0.3) is 0 Å². The highest BCUT2D eigenvalue weighted by Gasteiger charge is 2.42. The molecule has 1 saturated heterocycles. The molecular weight excluding hydrogens is 316 g/mol. The summed E-state index contributed by atoms with van der Waals surface area (Å²) in [6.45, 7) is 3.78. The van der Waals surface area contributed by atoms with E-state index in [1.54, 1.807) is 7.11 Å². The number of hydrogen-bond donors (Lipinski definition) is 1. The summed E-state index contributed by atoms with van der Waals surface area (Å²) in [6, 6.07) is 9.96. The monoisotopic (exact) mass is 342 g/mol. The van der Waals surface area contributed by atoms with E-state index >= 15 is 0 Å². The summed E-state index contributed by atoms with van der Waals surface area (Å²) in [5.41, 5.74) is 1.32. The molecule has 1 N–H and O–H groups in total. The lowest BCUT2D eigenvalue weighted by atomic mass is 9.99. The molecule has 6 nitrogen and oxygen atoms in total. The Bertz CT molecular complexity index is 713. The number of rotatable bonds is 7. The normalized spacial score (nSPS) is 23.9. The highest BCUT2D eigenvalue weighted by Crippen LogP contribution is 2.41. The topological polar surface area (TPSA) is 63.4 Å². The van der Waals surface area contributed by atoms with Gasteiger partial charge in [0.2, 0.25) is 11.8 Å². The lowest BCUT2D eigenvalue weighted by molar-refractivity contribution is 0.224. The predicted octanol–water partition coefficient (Wildman–Crippen LogP) is 2.71. The van der Waals surface area contributed by atoms with Crippen molar-refractivity contribution in [3.05, 3.63) is 41.6 Å². The number of aromatic nitrogens is 2. The first-order chi connectivity index (χ1) is 12.3. The number of ether oxygens (including phenoxy) is 1. The van der Waals surface area contributed by atoms with Crippen molar-refractivity contribution in [1.82, 2.24) is 20.4 Å². The van der Waals surface area contributed by atoms with Crippen LogP contribution in [0.15, 0.2) is 28.7 Å². The van der Waals surface area contributed by atoms with Crippen molar-refractivity contribution < 1.29 is 9.15 Å². The molecule has 1 aromatic heterocycles. The summed E-state index contributed by atoms with van der Waals surface area (Å²) in [4.78, 5) is 2.65. The minimum absolute atomic E-state index is 0.371. The lowest BCUT2D eigenvalue weighted by Crippen LogP contribution is -2.36. The number of nitrogens with one attached hydrogen (secondary N) is 1. The SMILES string of the molecule is CCc1nnc(CN[C@H]2CCN(C3CC3)[C@H]2c2cccc(OC)c2)o1. The van der Waals surface area contributed by atoms with Gasteiger partial charge in [-0.1, -0.05) is 19.1 Å². The van der Waals surface area contributed by atoms with Crippen LogP contribution >= 0.6 is 0 Å². The van der Waals surface area contributed by atoms with Gasteiger partial charge >= 0.3 is 0 Å². The van der Waals surface area contributed by atoms with E-state index in [4.69, 9.17) is 9.15 Å². The Morgan fingerprint density at radius 2 is 2.08 bits per heavy atom. The molecule has 0 bridgehead atoms. The molecule has 4 rings (SSSR count). The molecule has 2 aliphatic rings. The van der Waals surface area contributed by atoms with Crippen LogP contribution in [-0.2, 0) is 13.0 Å². The Kier molecular flexibility index (Phi) is 4.72. The summed E-state index contributed by atoms with van der Waals surface area (Å²) in [5, 5.41) is 11.8. The first-order valence-electron chi connectivity index (χ1n) is 9.23. The standard InChI is InChI=1S/C19H26N4O2/c1-3-17-21-22-18(25-17)12-20-16-9-10-23(14-7-8-14)19(16)13-5-4-6-15(11-13)24-2/h4-6,11,14,16,19-20H,3,7-10,12H2,1-2H3/t16-,19-/m0/s1. The van der Waals surface area contributed by atoms with Crippen molar-refractivity contribution in [2.24, 2.45) is 0 Å². The number of methoxy groups -OCH3 is 1. The van der Waals surface area contributed by atoms with Crippen LogP contribution in [0.1, 0.15) is 49.6 Å². The zero-order chi connectivity index (χ0) is 17.2. The third-order valence-electron chi connectivity index (χ3n) is 5.21. The van der Waals surface area contributed by atoms with Crippen molar-refractivity contribution in [3.8, 4) is 5.75 Å². The molecule has 134 valence electrons. The van der Waals surface area contributed by atoms with Gasteiger partial charge in [0.05, 0.1) is 19.7 Å². The van der Waals surface area contributed by atoms with Crippen LogP contribution in [0.4, 0.5) is 0 Å². The predicted molar refractivity (Wildman–Crippen MR) is 94.4 cm³/mol. The molecular formula is C19H26N4O2. The second-order valence-corrected chi connectivity index (χ2v) is 6.91. The fraction of sp³-hybridized carbons (Fsp3) is 0.579. The first kappa shape index (κ1) is 16.5. The van der Waals surface area contributed by atoms with Gasteiger partial charge in [-0.05, 0) is 37.0 Å². The molecule has 0 radical (unpaired) electrons. The van der Waals surface area contributed by atoms with Crippen LogP contribution in [0.3, 0.4) is 0 Å². The second-order valence-electron chi connectivity index (χ2n) is 6.91. The maximum absolute atomic E-state index is 5.64. The largest absolute Gasteiger partial charge is 0.497 e. The third kappa shape index (κ3) is 3.55. The van der Waals surface area contributed by atoms with Gasteiger partial charge in [0.15, 0.2) is 0 Å². The quantitative estimate of drug-likeness (QED) is 0.835. The highest BCUT2D eigenvalue weighted by atomic mass is 16.5. The van der Waals surface area contributed by atoms with Gasteiger partial charge in [-0.3, -0.25) is 4.90 Å². The van der Waals surface area contributed by atoms with Crippen LogP contribution in [0.2, 0.25) is 0 Å². The second kappa shape index (κ2) is 7.14. The van der Waals surface area contributed by atoms with Crippen LogP contribution in [-0.4, -0.2) is 40.8 Å². The Morgan fingerprint density at radius 1 is 1.24 bits per heavy atom. The molecule has 0 unspecified atom stereocenters. The average Bonchev–Trinajstić information content (AvgIpc) is 3.24. The van der Waals surface area contributed by atoms with Crippen molar-refractivity contribution in [2.45, 2.75) is 57.3 Å². The Balaban J connectivity index is 1.51. The summed E-state index contributed by atoms with van der Waals surface area (Å²) >= 11 is 0. The van der Waals surface area contributed by atoms with Gasteiger partial charge in [-0.2, -0.15) is 0 Å². The van der Waals surface area contributed by atoms with E-state index in [9.17, 15) is 0 Å².